The van der Waals surface area contributed by atoms with E-state index in [0.717, 1.165) is 30.8 Å². The normalized spacial score (nSPS) is 24.4. The first-order valence-corrected chi connectivity index (χ1v) is 9.68. The molecule has 0 radical (unpaired) electrons. The molecule has 1 aliphatic heterocycles. The Bertz CT molecular complexity index is 320. The van der Waals surface area contributed by atoms with Crippen LogP contribution in [0.5, 0.6) is 0 Å². The maximum atomic E-state index is 12.8. The van der Waals surface area contributed by atoms with E-state index in [9.17, 15) is 4.79 Å². The molecule has 1 aliphatic rings. The van der Waals surface area contributed by atoms with E-state index < -0.39 is 0 Å². The Balaban J connectivity index is 2.71. The summed E-state index contributed by atoms with van der Waals surface area (Å²) in [4.78, 5) is 14.9. The topological polar surface area (TPSA) is 32.3 Å². The molecule has 0 aromatic heterocycles. The fraction of sp³-hybridized carbons (Fsp3) is 0.941. The summed E-state index contributed by atoms with van der Waals surface area (Å²) in [7, 11) is 0. The summed E-state index contributed by atoms with van der Waals surface area (Å²) in [5.41, 5.74) is 0. The molecule has 3 nitrogen and oxygen atoms in total. The fourth-order valence-electron chi connectivity index (χ4n) is 3.05. The molecule has 1 amide bonds. The number of carbonyl (C=O) groups is 1. The van der Waals surface area contributed by atoms with Crippen molar-refractivity contribution < 1.29 is 4.79 Å². The Kier molecular flexibility index (Phi) is 8.10. The van der Waals surface area contributed by atoms with Crippen LogP contribution in [0.4, 0.5) is 0 Å². The van der Waals surface area contributed by atoms with Gasteiger partial charge in [0.15, 0.2) is 0 Å². The molecular weight excluding hydrogens is 280 g/mol. The fourth-order valence-corrected chi connectivity index (χ4v) is 3.84. The molecule has 1 N–H and O–H groups in total. The van der Waals surface area contributed by atoms with Crippen LogP contribution in [0.3, 0.4) is 0 Å². The highest BCUT2D eigenvalue weighted by molar-refractivity contribution is 7.99. The van der Waals surface area contributed by atoms with E-state index in [2.05, 4.69) is 51.8 Å². The first kappa shape index (κ1) is 18.8. The molecule has 1 heterocycles. The van der Waals surface area contributed by atoms with Gasteiger partial charge < -0.3 is 4.90 Å². The lowest BCUT2D eigenvalue weighted by atomic mass is 10.0. The Morgan fingerprint density at radius 2 is 1.76 bits per heavy atom. The van der Waals surface area contributed by atoms with E-state index in [-0.39, 0.29) is 12.2 Å². The maximum absolute atomic E-state index is 12.8. The van der Waals surface area contributed by atoms with Crippen LogP contribution in [0.2, 0.25) is 0 Å². The summed E-state index contributed by atoms with van der Waals surface area (Å²) in [5, 5.41) is 3.59. The predicted octanol–water partition coefficient (Wildman–Crippen LogP) is 3.74. The number of nitrogens with zero attached hydrogens (tertiary/aromatic N) is 1. The molecule has 1 saturated heterocycles. The molecule has 0 aromatic rings. The van der Waals surface area contributed by atoms with Gasteiger partial charge in [-0.1, -0.05) is 34.6 Å². The minimum absolute atomic E-state index is 0.0232. The second-order valence-corrected chi connectivity index (χ2v) is 8.47. The molecule has 0 bridgehead atoms. The molecule has 1 fully saturated rings. The second kappa shape index (κ2) is 9.04. The average Bonchev–Trinajstić information content (AvgIpc) is 2.64. The van der Waals surface area contributed by atoms with Gasteiger partial charge in [0.05, 0.1) is 12.2 Å². The Labute approximate surface area is 135 Å². The predicted molar refractivity (Wildman–Crippen MR) is 93.5 cm³/mol. The van der Waals surface area contributed by atoms with Crippen LogP contribution in [-0.2, 0) is 4.79 Å². The van der Waals surface area contributed by atoms with E-state index in [1.165, 1.54) is 0 Å². The van der Waals surface area contributed by atoms with E-state index in [1.807, 2.05) is 11.8 Å². The SMILES string of the molecule is CCSCCC(C)N1C(=O)C(CC(C)C)NC1CC(C)C. The molecule has 0 spiro atoms. The Hall–Kier alpha value is -0.220. The third-order valence-electron chi connectivity index (χ3n) is 4.04. The van der Waals surface area contributed by atoms with Gasteiger partial charge in [0.25, 0.3) is 0 Å². The lowest BCUT2D eigenvalue weighted by molar-refractivity contribution is -0.132. The molecule has 124 valence electrons. The van der Waals surface area contributed by atoms with Gasteiger partial charge in [0.1, 0.15) is 0 Å². The molecule has 21 heavy (non-hydrogen) atoms. The number of amides is 1. The Morgan fingerprint density at radius 1 is 1.14 bits per heavy atom. The second-order valence-electron chi connectivity index (χ2n) is 7.07. The van der Waals surface area contributed by atoms with Gasteiger partial charge in [-0.15, -0.1) is 0 Å². The number of hydrogen-bond donors (Lipinski definition) is 1. The highest BCUT2D eigenvalue weighted by Gasteiger charge is 2.40. The highest BCUT2D eigenvalue weighted by Crippen LogP contribution is 2.25. The summed E-state index contributed by atoms with van der Waals surface area (Å²) < 4.78 is 0. The number of carbonyl (C=O) groups excluding carboxylic acids is 1. The smallest absolute Gasteiger partial charge is 0.241 e. The van der Waals surface area contributed by atoms with Gasteiger partial charge in [-0.25, -0.2) is 0 Å². The van der Waals surface area contributed by atoms with Crippen molar-refractivity contribution in [1.29, 1.82) is 0 Å². The van der Waals surface area contributed by atoms with E-state index in [1.54, 1.807) is 0 Å². The summed E-state index contributed by atoms with van der Waals surface area (Å²) in [6, 6.07) is 0.361. The zero-order chi connectivity index (χ0) is 16.0. The van der Waals surface area contributed by atoms with Crippen LogP contribution in [0.15, 0.2) is 0 Å². The molecule has 3 unspecified atom stereocenters. The van der Waals surface area contributed by atoms with Gasteiger partial charge >= 0.3 is 0 Å². The van der Waals surface area contributed by atoms with E-state index >= 15 is 0 Å². The largest absolute Gasteiger partial charge is 0.323 e. The minimum atomic E-state index is 0.0232. The molecule has 0 aliphatic carbocycles. The van der Waals surface area contributed by atoms with Crippen LogP contribution >= 0.6 is 11.8 Å². The summed E-state index contributed by atoms with van der Waals surface area (Å²) in [6.45, 7) is 13.3. The van der Waals surface area contributed by atoms with Crippen molar-refractivity contribution in [1.82, 2.24) is 10.2 Å². The minimum Gasteiger partial charge on any atom is -0.323 e. The van der Waals surface area contributed by atoms with Crippen molar-refractivity contribution in [3.63, 3.8) is 0 Å². The van der Waals surface area contributed by atoms with Crippen molar-refractivity contribution in [2.24, 2.45) is 11.8 Å². The van der Waals surface area contributed by atoms with Gasteiger partial charge in [-0.2, -0.15) is 11.8 Å². The van der Waals surface area contributed by atoms with Crippen molar-refractivity contribution in [3.8, 4) is 0 Å². The first-order chi connectivity index (χ1) is 9.86. The van der Waals surface area contributed by atoms with Crippen molar-refractivity contribution >= 4 is 17.7 Å². The van der Waals surface area contributed by atoms with E-state index in [0.29, 0.717) is 23.8 Å². The molecule has 0 saturated carbocycles. The van der Waals surface area contributed by atoms with E-state index in [4.69, 9.17) is 0 Å². The van der Waals surface area contributed by atoms with Crippen LogP contribution < -0.4 is 5.32 Å². The van der Waals surface area contributed by atoms with Gasteiger partial charge in [-0.3, -0.25) is 10.1 Å². The lowest BCUT2D eigenvalue weighted by Gasteiger charge is -2.31. The molecule has 0 aromatic carbocycles. The summed E-state index contributed by atoms with van der Waals surface area (Å²) in [5.74, 6) is 3.78. The Morgan fingerprint density at radius 3 is 2.29 bits per heavy atom. The highest BCUT2D eigenvalue weighted by atomic mass is 32.2. The zero-order valence-electron chi connectivity index (χ0n) is 14.7. The van der Waals surface area contributed by atoms with Crippen molar-refractivity contribution in [3.05, 3.63) is 0 Å². The quantitative estimate of drug-likeness (QED) is 0.658. The molecule has 4 heteroatoms. The van der Waals surface area contributed by atoms with Crippen molar-refractivity contribution in [2.45, 2.75) is 79.1 Å². The third kappa shape index (κ3) is 5.82. The van der Waals surface area contributed by atoms with Crippen LogP contribution in [0.1, 0.15) is 60.8 Å². The van der Waals surface area contributed by atoms with Crippen LogP contribution in [0.25, 0.3) is 0 Å². The average molecular weight is 315 g/mol. The molecule has 3 atom stereocenters. The summed E-state index contributed by atoms with van der Waals surface area (Å²) in [6.07, 6.45) is 3.31. The van der Waals surface area contributed by atoms with Crippen molar-refractivity contribution in [2.75, 3.05) is 11.5 Å². The number of nitrogens with one attached hydrogen (secondary N) is 1. The first-order valence-electron chi connectivity index (χ1n) is 8.52. The number of rotatable bonds is 9. The standard InChI is InChI=1S/C17H34N2OS/c1-7-21-9-8-14(6)19-16(11-13(4)5)18-15(17(19)20)10-12(2)3/h12-16,18H,7-11H2,1-6H3. The number of hydrogen-bond acceptors (Lipinski definition) is 3. The monoisotopic (exact) mass is 314 g/mol. The van der Waals surface area contributed by atoms with Gasteiger partial charge in [0.2, 0.25) is 5.91 Å². The lowest BCUT2D eigenvalue weighted by Crippen LogP contribution is -2.44. The van der Waals surface area contributed by atoms with Gasteiger partial charge in [-0.05, 0) is 49.5 Å². The van der Waals surface area contributed by atoms with Crippen LogP contribution in [0, 0.1) is 11.8 Å². The summed E-state index contributed by atoms with van der Waals surface area (Å²) >= 11 is 1.96. The third-order valence-corrected chi connectivity index (χ3v) is 4.98. The molecule has 1 rings (SSSR count). The van der Waals surface area contributed by atoms with Gasteiger partial charge in [0, 0.05) is 6.04 Å². The molecular formula is C17H34N2OS. The number of thioether (sulfide) groups is 1. The van der Waals surface area contributed by atoms with Crippen LogP contribution in [-0.4, -0.2) is 40.6 Å². The zero-order valence-corrected chi connectivity index (χ0v) is 15.5. The maximum Gasteiger partial charge on any atom is 0.241 e.